The van der Waals surface area contributed by atoms with Crippen molar-refractivity contribution in [3.63, 3.8) is 0 Å². The number of rotatable bonds is 6. The summed E-state index contributed by atoms with van der Waals surface area (Å²) in [6, 6.07) is 2.64. The van der Waals surface area contributed by atoms with Crippen LogP contribution in [0, 0.1) is 5.92 Å². The Balaban J connectivity index is 1.99. The summed E-state index contributed by atoms with van der Waals surface area (Å²) in [6.45, 7) is 3.31. The highest BCUT2D eigenvalue weighted by atomic mass is 15.3. The van der Waals surface area contributed by atoms with Crippen molar-refractivity contribution in [2.24, 2.45) is 13.0 Å². The Morgan fingerprint density at radius 3 is 2.93 bits per heavy atom. The molecule has 0 bridgehead atoms. The number of nitrogens with one attached hydrogen (secondary N) is 1. The van der Waals surface area contributed by atoms with E-state index in [9.17, 15) is 0 Å². The molecule has 0 aromatic carbocycles. The third kappa shape index (κ3) is 2.81. The van der Waals surface area contributed by atoms with Crippen molar-refractivity contribution in [3.05, 3.63) is 18.0 Å². The van der Waals surface area contributed by atoms with Crippen molar-refractivity contribution in [1.82, 2.24) is 15.1 Å². The number of aryl methyl sites for hydroxylation is 1. The Hall–Kier alpha value is -0.830. The van der Waals surface area contributed by atoms with Gasteiger partial charge in [0.25, 0.3) is 0 Å². The fraction of sp³-hybridized carbons (Fsp3) is 0.750. The van der Waals surface area contributed by atoms with Crippen LogP contribution in [0.25, 0.3) is 0 Å². The molecule has 1 N–H and O–H groups in total. The van der Waals surface area contributed by atoms with Gasteiger partial charge in [-0.25, -0.2) is 0 Å². The van der Waals surface area contributed by atoms with Crippen molar-refractivity contribution in [1.29, 1.82) is 0 Å². The Morgan fingerprint density at radius 1 is 1.60 bits per heavy atom. The van der Waals surface area contributed by atoms with Gasteiger partial charge in [-0.3, -0.25) is 4.68 Å². The van der Waals surface area contributed by atoms with Crippen molar-refractivity contribution in [2.75, 3.05) is 6.54 Å². The summed E-state index contributed by atoms with van der Waals surface area (Å²) in [5.41, 5.74) is 1.33. The summed E-state index contributed by atoms with van der Waals surface area (Å²) in [6.07, 6.45) is 7.20. The molecule has 15 heavy (non-hydrogen) atoms. The Morgan fingerprint density at radius 2 is 2.40 bits per heavy atom. The highest BCUT2D eigenvalue weighted by molar-refractivity contribution is 5.07. The molecular formula is C12H21N3. The van der Waals surface area contributed by atoms with Gasteiger partial charge in [0.1, 0.15) is 0 Å². The summed E-state index contributed by atoms with van der Waals surface area (Å²) in [7, 11) is 2.03. The van der Waals surface area contributed by atoms with Gasteiger partial charge in [-0.2, -0.15) is 5.10 Å². The van der Waals surface area contributed by atoms with Gasteiger partial charge in [-0.15, -0.1) is 0 Å². The first kappa shape index (κ1) is 10.7. The third-order valence-electron chi connectivity index (χ3n) is 3.12. The van der Waals surface area contributed by atoms with E-state index in [2.05, 4.69) is 23.4 Å². The first-order valence-electron chi connectivity index (χ1n) is 6.02. The Bertz CT molecular complexity index is 302. The molecule has 1 heterocycles. The second-order valence-corrected chi connectivity index (χ2v) is 4.57. The number of nitrogens with zero attached hydrogens (tertiary/aromatic N) is 2. The van der Waals surface area contributed by atoms with Crippen molar-refractivity contribution >= 4 is 0 Å². The van der Waals surface area contributed by atoms with E-state index in [0.717, 1.165) is 12.5 Å². The van der Waals surface area contributed by atoms with Crippen molar-refractivity contribution < 1.29 is 0 Å². The molecule has 0 saturated heterocycles. The van der Waals surface area contributed by atoms with Gasteiger partial charge >= 0.3 is 0 Å². The predicted molar refractivity (Wildman–Crippen MR) is 61.6 cm³/mol. The normalized spacial score (nSPS) is 18.0. The highest BCUT2D eigenvalue weighted by Gasteiger charge is 2.27. The van der Waals surface area contributed by atoms with Gasteiger partial charge in [0.15, 0.2) is 0 Å². The minimum absolute atomic E-state index is 0.505. The number of hydrogen-bond acceptors (Lipinski definition) is 2. The Labute approximate surface area is 91.9 Å². The van der Waals surface area contributed by atoms with E-state index in [4.69, 9.17) is 0 Å². The van der Waals surface area contributed by atoms with E-state index >= 15 is 0 Å². The first-order chi connectivity index (χ1) is 7.31. The molecule has 1 aliphatic rings. The molecule has 1 aromatic rings. The van der Waals surface area contributed by atoms with E-state index in [-0.39, 0.29) is 0 Å². The predicted octanol–water partition coefficient (Wildman–Crippen LogP) is 2.26. The Kier molecular flexibility index (Phi) is 3.41. The third-order valence-corrected chi connectivity index (χ3v) is 3.12. The summed E-state index contributed by atoms with van der Waals surface area (Å²) < 4.78 is 2.00. The minimum Gasteiger partial charge on any atom is -0.309 e. The molecule has 1 unspecified atom stereocenters. The molecule has 1 aliphatic carbocycles. The van der Waals surface area contributed by atoms with Crippen LogP contribution in [0.15, 0.2) is 12.3 Å². The van der Waals surface area contributed by atoms with Gasteiger partial charge in [0.2, 0.25) is 0 Å². The maximum atomic E-state index is 4.25. The van der Waals surface area contributed by atoms with Gasteiger partial charge in [0, 0.05) is 19.3 Å². The number of hydrogen-bond donors (Lipinski definition) is 1. The molecule has 1 saturated carbocycles. The molecule has 0 radical (unpaired) electrons. The minimum atomic E-state index is 0.505. The van der Waals surface area contributed by atoms with E-state index in [1.165, 1.54) is 31.4 Å². The second-order valence-electron chi connectivity index (χ2n) is 4.57. The zero-order valence-corrected chi connectivity index (χ0v) is 9.74. The molecule has 1 atom stereocenters. The van der Waals surface area contributed by atoms with Crippen molar-refractivity contribution in [3.8, 4) is 0 Å². The monoisotopic (exact) mass is 207 g/mol. The largest absolute Gasteiger partial charge is 0.309 e. The van der Waals surface area contributed by atoms with Crippen LogP contribution in [0.3, 0.4) is 0 Å². The number of aromatic nitrogens is 2. The molecule has 3 nitrogen and oxygen atoms in total. The summed E-state index contributed by atoms with van der Waals surface area (Å²) >= 11 is 0. The zero-order chi connectivity index (χ0) is 10.7. The average molecular weight is 207 g/mol. The standard InChI is InChI=1S/C12H21N3/c1-3-7-13-11(9-10-4-5-10)12-6-8-14-15(12)2/h6,8,10-11,13H,3-5,7,9H2,1-2H3. The SMILES string of the molecule is CCCNC(CC1CC1)c1ccnn1C. The van der Waals surface area contributed by atoms with Crippen LogP contribution in [0.1, 0.15) is 44.3 Å². The molecule has 2 rings (SSSR count). The van der Waals surface area contributed by atoms with Gasteiger partial charge in [-0.05, 0) is 31.4 Å². The second kappa shape index (κ2) is 4.79. The zero-order valence-electron chi connectivity index (χ0n) is 9.74. The average Bonchev–Trinajstić information content (AvgIpc) is 2.95. The van der Waals surface area contributed by atoms with Gasteiger partial charge in [-0.1, -0.05) is 19.8 Å². The van der Waals surface area contributed by atoms with Crippen LogP contribution >= 0.6 is 0 Å². The lowest BCUT2D eigenvalue weighted by Crippen LogP contribution is -2.24. The topological polar surface area (TPSA) is 29.9 Å². The van der Waals surface area contributed by atoms with Gasteiger partial charge in [0.05, 0.1) is 5.69 Å². The maximum absolute atomic E-state index is 4.25. The first-order valence-corrected chi connectivity index (χ1v) is 6.02. The van der Waals surface area contributed by atoms with E-state index in [1.54, 1.807) is 0 Å². The quantitative estimate of drug-likeness (QED) is 0.775. The molecule has 1 fully saturated rings. The van der Waals surface area contributed by atoms with E-state index in [0.29, 0.717) is 6.04 Å². The molecule has 0 amide bonds. The van der Waals surface area contributed by atoms with Crippen LogP contribution in [0.4, 0.5) is 0 Å². The summed E-state index contributed by atoms with van der Waals surface area (Å²) in [4.78, 5) is 0. The summed E-state index contributed by atoms with van der Waals surface area (Å²) in [5.74, 6) is 0.953. The molecule has 0 spiro atoms. The van der Waals surface area contributed by atoms with Crippen molar-refractivity contribution in [2.45, 2.75) is 38.6 Å². The van der Waals surface area contributed by atoms with Gasteiger partial charge < -0.3 is 5.32 Å². The highest BCUT2D eigenvalue weighted by Crippen LogP contribution is 2.37. The van der Waals surface area contributed by atoms with Crippen LogP contribution in [0.5, 0.6) is 0 Å². The lowest BCUT2D eigenvalue weighted by atomic mass is 10.1. The fourth-order valence-electron chi connectivity index (χ4n) is 2.04. The molecule has 3 heteroatoms. The molecule has 84 valence electrons. The molecular weight excluding hydrogens is 186 g/mol. The fourth-order valence-corrected chi connectivity index (χ4v) is 2.04. The lowest BCUT2D eigenvalue weighted by Gasteiger charge is -2.18. The summed E-state index contributed by atoms with van der Waals surface area (Å²) in [5, 5.41) is 7.87. The van der Waals surface area contributed by atoms with Crippen LogP contribution < -0.4 is 5.32 Å². The van der Waals surface area contributed by atoms with E-state index in [1.807, 2.05) is 17.9 Å². The van der Waals surface area contributed by atoms with Crippen LogP contribution in [-0.4, -0.2) is 16.3 Å². The smallest absolute Gasteiger partial charge is 0.0550 e. The molecule has 0 aliphatic heterocycles. The maximum Gasteiger partial charge on any atom is 0.0550 e. The van der Waals surface area contributed by atoms with E-state index < -0.39 is 0 Å². The van der Waals surface area contributed by atoms with Crippen LogP contribution in [0.2, 0.25) is 0 Å². The lowest BCUT2D eigenvalue weighted by molar-refractivity contribution is 0.447. The molecule has 1 aromatic heterocycles. The van der Waals surface area contributed by atoms with Crippen LogP contribution in [-0.2, 0) is 7.05 Å².